The molecule has 0 radical (unpaired) electrons. The zero-order valence-corrected chi connectivity index (χ0v) is 23.8. The Bertz CT molecular complexity index is 1420. The maximum absolute atomic E-state index is 14.0. The van der Waals surface area contributed by atoms with Crippen LogP contribution in [-0.2, 0) is 22.7 Å². The average molecular weight is 579 g/mol. The van der Waals surface area contributed by atoms with Crippen LogP contribution in [0.3, 0.4) is 0 Å². The lowest BCUT2D eigenvalue weighted by Crippen LogP contribution is -2.47. The highest BCUT2D eigenvalue weighted by atomic mass is 35.5. The lowest BCUT2D eigenvalue weighted by atomic mass is 9.95. The minimum atomic E-state index is -0.824. The Kier molecular flexibility index (Phi) is 9.08. The van der Waals surface area contributed by atoms with Gasteiger partial charge in [-0.2, -0.15) is 4.80 Å². The minimum Gasteiger partial charge on any atom is -0.497 e. The molecule has 0 spiro atoms. The number of amides is 2. The van der Waals surface area contributed by atoms with E-state index in [0.29, 0.717) is 16.6 Å². The van der Waals surface area contributed by atoms with E-state index in [0.717, 1.165) is 41.7 Å². The topological polar surface area (TPSA) is 102 Å². The first-order chi connectivity index (χ1) is 19.5. The second-order valence-electron chi connectivity index (χ2n) is 9.75. The first-order valence-corrected chi connectivity index (χ1v) is 14.6. The van der Waals surface area contributed by atoms with Gasteiger partial charge in [0.25, 0.3) is 0 Å². The monoisotopic (exact) mass is 578 g/mol. The Balaban J connectivity index is 1.43. The van der Waals surface area contributed by atoms with Crippen LogP contribution in [0.1, 0.15) is 48.6 Å². The zero-order chi connectivity index (χ0) is 27.9. The van der Waals surface area contributed by atoms with Gasteiger partial charge < -0.3 is 15.0 Å². The lowest BCUT2D eigenvalue weighted by molar-refractivity contribution is -0.142. The number of nitrogens with zero attached hydrogens (tertiary/aromatic N) is 5. The molecule has 1 aliphatic rings. The Morgan fingerprint density at radius 1 is 1.10 bits per heavy atom. The summed E-state index contributed by atoms with van der Waals surface area (Å²) in [6.07, 6.45) is 5.24. The van der Waals surface area contributed by atoms with Gasteiger partial charge in [-0.05, 0) is 65.4 Å². The molecule has 208 valence electrons. The van der Waals surface area contributed by atoms with Crippen molar-refractivity contribution in [1.82, 2.24) is 30.4 Å². The molecular weight excluding hydrogens is 548 g/mol. The Labute approximate surface area is 242 Å². The highest BCUT2D eigenvalue weighted by molar-refractivity contribution is 7.10. The fourth-order valence-corrected chi connectivity index (χ4v) is 5.94. The lowest BCUT2D eigenvalue weighted by Gasteiger charge is -2.32. The number of aromatic nitrogens is 4. The van der Waals surface area contributed by atoms with Gasteiger partial charge in [0.05, 0.1) is 7.11 Å². The van der Waals surface area contributed by atoms with Crippen molar-refractivity contribution in [3.05, 3.63) is 81.5 Å². The summed E-state index contributed by atoms with van der Waals surface area (Å²) in [5.41, 5.74) is 1.49. The number of nitrogens with one attached hydrogen (secondary N) is 1. The molecule has 1 N–H and O–H groups in total. The molecule has 9 nitrogen and oxygen atoms in total. The molecule has 0 bridgehead atoms. The summed E-state index contributed by atoms with van der Waals surface area (Å²) in [6, 6.07) is 17.7. The Morgan fingerprint density at radius 2 is 1.88 bits per heavy atom. The molecule has 2 heterocycles. The normalized spacial score (nSPS) is 14.4. The maximum atomic E-state index is 14.0. The average Bonchev–Trinajstić information content (AvgIpc) is 3.67. The fourth-order valence-electron chi connectivity index (χ4n) is 4.91. The van der Waals surface area contributed by atoms with Gasteiger partial charge in [0.1, 0.15) is 18.3 Å². The van der Waals surface area contributed by atoms with E-state index >= 15 is 0 Å². The smallest absolute Gasteiger partial charge is 0.248 e. The summed E-state index contributed by atoms with van der Waals surface area (Å²) in [5.74, 6) is 0.585. The molecule has 2 aromatic heterocycles. The van der Waals surface area contributed by atoms with Crippen LogP contribution >= 0.6 is 22.9 Å². The standard InChI is InChI=1S/C29H31ClN6O3S/c1-39-23-15-13-20(14-16-23)28-32-34-36(33-28)19-26(37)35(18-21-8-5-6-11-24(21)30)27(25-12-7-17-40-25)29(38)31-22-9-3-2-4-10-22/h5-8,11-17,22,27H,2-4,9-10,18-19H2,1H3,(H,31,38)/t27-/m0/s1. The molecular formula is C29H31ClN6O3S. The van der Waals surface area contributed by atoms with Gasteiger partial charge in [0.2, 0.25) is 17.6 Å². The number of benzene rings is 2. The molecule has 1 aliphatic carbocycles. The quantitative estimate of drug-likeness (QED) is 0.275. The molecule has 5 rings (SSSR count). The summed E-state index contributed by atoms with van der Waals surface area (Å²) in [4.78, 5) is 31.4. The fraction of sp³-hybridized carbons (Fsp3) is 0.345. The number of hydrogen-bond acceptors (Lipinski definition) is 7. The number of carbonyl (C=O) groups excluding carboxylic acids is 2. The van der Waals surface area contributed by atoms with Crippen LogP contribution in [0.5, 0.6) is 5.75 Å². The number of rotatable bonds is 10. The van der Waals surface area contributed by atoms with Crippen LogP contribution in [0.15, 0.2) is 66.0 Å². The summed E-state index contributed by atoms with van der Waals surface area (Å²) >= 11 is 7.95. The van der Waals surface area contributed by atoms with Gasteiger partial charge in [-0.3, -0.25) is 9.59 Å². The molecule has 40 heavy (non-hydrogen) atoms. The van der Waals surface area contributed by atoms with Crippen molar-refractivity contribution in [2.75, 3.05) is 7.11 Å². The van der Waals surface area contributed by atoms with E-state index in [1.807, 2.05) is 60.0 Å². The minimum absolute atomic E-state index is 0.102. The van der Waals surface area contributed by atoms with Gasteiger partial charge >= 0.3 is 0 Å². The summed E-state index contributed by atoms with van der Waals surface area (Å²) in [6.45, 7) is -0.0363. The van der Waals surface area contributed by atoms with Crippen molar-refractivity contribution in [2.45, 2.75) is 57.3 Å². The number of ether oxygens (including phenoxy) is 1. The molecule has 2 amide bonds. The first kappa shape index (κ1) is 27.8. The van der Waals surface area contributed by atoms with Crippen LogP contribution in [-0.4, -0.2) is 50.1 Å². The number of carbonyl (C=O) groups is 2. The van der Waals surface area contributed by atoms with Gasteiger partial charge in [-0.15, -0.1) is 21.5 Å². The SMILES string of the molecule is COc1ccc(-c2nnn(CC(=O)N(Cc3ccccc3Cl)[C@H](C(=O)NC3CCCCC3)c3cccs3)n2)cc1. The van der Waals surface area contributed by atoms with E-state index in [-0.39, 0.29) is 30.9 Å². The number of hydrogen-bond donors (Lipinski definition) is 1. The van der Waals surface area contributed by atoms with Crippen LogP contribution in [0, 0.1) is 0 Å². The number of thiophene rings is 1. The Morgan fingerprint density at radius 3 is 2.58 bits per heavy atom. The third-order valence-electron chi connectivity index (χ3n) is 7.02. The van der Waals surface area contributed by atoms with Crippen LogP contribution in [0.4, 0.5) is 0 Å². The van der Waals surface area contributed by atoms with E-state index < -0.39 is 6.04 Å². The van der Waals surface area contributed by atoms with E-state index in [9.17, 15) is 9.59 Å². The number of halogens is 1. The molecule has 0 unspecified atom stereocenters. The zero-order valence-electron chi connectivity index (χ0n) is 22.2. The molecule has 1 fully saturated rings. The van der Waals surface area contributed by atoms with Crippen molar-refractivity contribution < 1.29 is 14.3 Å². The Hall–Kier alpha value is -3.76. The van der Waals surface area contributed by atoms with E-state index in [1.165, 1.54) is 22.6 Å². The van der Waals surface area contributed by atoms with E-state index in [4.69, 9.17) is 16.3 Å². The number of methoxy groups -OCH3 is 1. The van der Waals surface area contributed by atoms with Gasteiger partial charge in [-0.1, -0.05) is 55.1 Å². The van der Waals surface area contributed by atoms with E-state index in [2.05, 4.69) is 20.7 Å². The largest absolute Gasteiger partial charge is 0.497 e. The molecule has 1 saturated carbocycles. The third kappa shape index (κ3) is 6.68. The van der Waals surface area contributed by atoms with Crippen molar-refractivity contribution in [3.63, 3.8) is 0 Å². The summed E-state index contributed by atoms with van der Waals surface area (Å²) < 4.78 is 5.21. The van der Waals surface area contributed by atoms with Crippen molar-refractivity contribution >= 4 is 34.8 Å². The molecule has 11 heteroatoms. The third-order valence-corrected chi connectivity index (χ3v) is 8.31. The second kappa shape index (κ2) is 13.1. The summed E-state index contributed by atoms with van der Waals surface area (Å²) in [5, 5.41) is 18.3. The number of tetrazole rings is 1. The molecule has 4 aromatic rings. The first-order valence-electron chi connectivity index (χ1n) is 13.3. The van der Waals surface area contributed by atoms with Crippen molar-refractivity contribution in [2.24, 2.45) is 0 Å². The second-order valence-corrected chi connectivity index (χ2v) is 11.1. The highest BCUT2D eigenvalue weighted by Crippen LogP contribution is 2.30. The van der Waals surface area contributed by atoms with Crippen LogP contribution in [0.25, 0.3) is 11.4 Å². The van der Waals surface area contributed by atoms with Crippen molar-refractivity contribution in [3.8, 4) is 17.1 Å². The van der Waals surface area contributed by atoms with Crippen LogP contribution in [0.2, 0.25) is 5.02 Å². The van der Waals surface area contributed by atoms with Crippen molar-refractivity contribution in [1.29, 1.82) is 0 Å². The van der Waals surface area contributed by atoms with Gasteiger partial charge in [0, 0.05) is 28.0 Å². The van der Waals surface area contributed by atoms with Crippen LogP contribution < -0.4 is 10.1 Å². The molecule has 2 aromatic carbocycles. The molecule has 0 aliphatic heterocycles. The van der Waals surface area contributed by atoms with Gasteiger partial charge in [-0.25, -0.2) is 0 Å². The van der Waals surface area contributed by atoms with Gasteiger partial charge in [0.15, 0.2) is 0 Å². The summed E-state index contributed by atoms with van der Waals surface area (Å²) in [7, 11) is 1.60. The predicted octanol–water partition coefficient (Wildman–Crippen LogP) is 5.28. The molecule has 1 atom stereocenters. The highest BCUT2D eigenvalue weighted by Gasteiger charge is 2.34. The molecule has 0 saturated heterocycles. The predicted molar refractivity (Wildman–Crippen MR) is 154 cm³/mol. The maximum Gasteiger partial charge on any atom is 0.248 e. The van der Waals surface area contributed by atoms with E-state index in [1.54, 1.807) is 18.1 Å².